The number of nitrogens with one attached hydrogen (secondary N) is 1. The summed E-state index contributed by atoms with van der Waals surface area (Å²) in [6.45, 7) is 3.17. The third kappa shape index (κ3) is 4.11. The first kappa shape index (κ1) is 14.2. The minimum absolute atomic E-state index is 0.600. The fourth-order valence-electron chi connectivity index (χ4n) is 1.98. The van der Waals surface area contributed by atoms with Gasteiger partial charge in [0.05, 0.1) is 6.33 Å². The van der Waals surface area contributed by atoms with E-state index in [0.29, 0.717) is 6.04 Å². The van der Waals surface area contributed by atoms with Gasteiger partial charge in [-0.3, -0.25) is 0 Å². The second kappa shape index (κ2) is 7.36. The lowest BCUT2D eigenvalue weighted by atomic mass is 10.2. The van der Waals surface area contributed by atoms with Gasteiger partial charge >= 0.3 is 0 Å². The molecule has 0 saturated carbocycles. The maximum Gasteiger partial charge on any atom is 0.0991 e. The van der Waals surface area contributed by atoms with Crippen LogP contribution < -0.4 is 5.32 Å². The van der Waals surface area contributed by atoms with Crippen LogP contribution in [0.4, 0.5) is 0 Å². The molecule has 0 aliphatic heterocycles. The molecule has 0 saturated heterocycles. The van der Waals surface area contributed by atoms with E-state index in [0.717, 1.165) is 12.2 Å². The van der Waals surface area contributed by atoms with Gasteiger partial charge < -0.3 is 9.88 Å². The van der Waals surface area contributed by atoms with E-state index in [4.69, 9.17) is 0 Å². The van der Waals surface area contributed by atoms with Gasteiger partial charge in [0.2, 0.25) is 0 Å². The van der Waals surface area contributed by atoms with Crippen molar-refractivity contribution in [3.63, 3.8) is 0 Å². The molecule has 0 bridgehead atoms. The Bertz CT molecular complexity index is 465. The fraction of sp³-hybridized carbons (Fsp3) is 0.400. The highest BCUT2D eigenvalue weighted by Gasteiger charge is 2.04. The van der Waals surface area contributed by atoms with Crippen molar-refractivity contribution in [2.24, 2.45) is 0 Å². The van der Waals surface area contributed by atoms with Crippen molar-refractivity contribution in [1.82, 2.24) is 14.9 Å². The van der Waals surface area contributed by atoms with E-state index in [1.54, 1.807) is 6.20 Å². The molecule has 19 heavy (non-hydrogen) atoms. The molecular weight excluding hydrogens is 254 g/mol. The number of thioether (sulfide) groups is 1. The molecular formula is C15H21N3S. The molecule has 1 aromatic carbocycles. The standard InChI is InChI=1S/C15H21N3S/c1-3-14(11-19-2)17-10-13-4-6-15(7-5-13)18-9-8-16-12-18/h4-9,12,14,17H,3,10-11H2,1-2H3. The van der Waals surface area contributed by atoms with Crippen molar-refractivity contribution >= 4 is 11.8 Å². The molecule has 2 aromatic rings. The van der Waals surface area contributed by atoms with Crippen LogP contribution in [0.2, 0.25) is 0 Å². The van der Waals surface area contributed by atoms with Crippen molar-refractivity contribution in [2.45, 2.75) is 25.9 Å². The van der Waals surface area contributed by atoms with Crippen LogP contribution in [0.3, 0.4) is 0 Å². The molecule has 0 spiro atoms. The Morgan fingerprint density at radius 2 is 2.11 bits per heavy atom. The minimum atomic E-state index is 0.600. The average molecular weight is 275 g/mol. The summed E-state index contributed by atoms with van der Waals surface area (Å²) in [6.07, 6.45) is 8.90. The van der Waals surface area contributed by atoms with Gasteiger partial charge in [-0.2, -0.15) is 11.8 Å². The van der Waals surface area contributed by atoms with Crippen molar-refractivity contribution in [3.05, 3.63) is 48.5 Å². The van der Waals surface area contributed by atoms with E-state index < -0.39 is 0 Å². The Kier molecular flexibility index (Phi) is 5.48. The first-order valence-corrected chi connectivity index (χ1v) is 8.02. The number of imidazole rings is 1. The Hall–Kier alpha value is -1.26. The second-order valence-electron chi connectivity index (χ2n) is 4.58. The summed E-state index contributed by atoms with van der Waals surface area (Å²) >= 11 is 1.90. The van der Waals surface area contributed by atoms with Crippen molar-refractivity contribution in [1.29, 1.82) is 0 Å². The zero-order chi connectivity index (χ0) is 13.5. The van der Waals surface area contributed by atoms with Crippen LogP contribution in [-0.4, -0.2) is 27.6 Å². The van der Waals surface area contributed by atoms with Gasteiger partial charge in [-0.25, -0.2) is 4.98 Å². The van der Waals surface area contributed by atoms with Crippen LogP contribution in [0, 0.1) is 0 Å². The SMILES string of the molecule is CCC(CSC)NCc1ccc(-n2ccnc2)cc1. The Morgan fingerprint density at radius 3 is 2.68 bits per heavy atom. The quantitative estimate of drug-likeness (QED) is 0.842. The summed E-state index contributed by atoms with van der Waals surface area (Å²) in [7, 11) is 0. The van der Waals surface area contributed by atoms with Crippen LogP contribution >= 0.6 is 11.8 Å². The lowest BCUT2D eigenvalue weighted by molar-refractivity contribution is 0.541. The highest BCUT2D eigenvalue weighted by molar-refractivity contribution is 7.98. The van der Waals surface area contributed by atoms with Crippen LogP contribution in [0.1, 0.15) is 18.9 Å². The number of hydrogen-bond acceptors (Lipinski definition) is 3. The molecule has 0 radical (unpaired) electrons. The molecule has 1 atom stereocenters. The number of hydrogen-bond donors (Lipinski definition) is 1. The maximum absolute atomic E-state index is 4.06. The first-order chi connectivity index (χ1) is 9.33. The summed E-state index contributed by atoms with van der Waals surface area (Å²) in [6, 6.07) is 9.22. The summed E-state index contributed by atoms with van der Waals surface area (Å²) in [4.78, 5) is 4.06. The molecule has 0 aliphatic carbocycles. The number of rotatable bonds is 7. The molecule has 1 aromatic heterocycles. The smallest absolute Gasteiger partial charge is 0.0991 e. The molecule has 0 aliphatic rings. The molecule has 102 valence electrons. The van der Waals surface area contributed by atoms with E-state index in [1.165, 1.54) is 17.7 Å². The van der Waals surface area contributed by atoms with E-state index >= 15 is 0 Å². The minimum Gasteiger partial charge on any atom is -0.309 e. The lowest BCUT2D eigenvalue weighted by Gasteiger charge is -2.15. The Morgan fingerprint density at radius 1 is 1.32 bits per heavy atom. The summed E-state index contributed by atoms with van der Waals surface area (Å²) in [5, 5.41) is 3.60. The van der Waals surface area contributed by atoms with Gasteiger partial charge in [-0.05, 0) is 30.4 Å². The predicted molar refractivity (Wildman–Crippen MR) is 82.9 cm³/mol. The van der Waals surface area contributed by atoms with Crippen LogP contribution in [0.25, 0.3) is 5.69 Å². The molecule has 1 unspecified atom stereocenters. The van der Waals surface area contributed by atoms with E-state index in [1.807, 2.05) is 28.9 Å². The average Bonchev–Trinajstić information content (AvgIpc) is 2.98. The van der Waals surface area contributed by atoms with E-state index in [9.17, 15) is 0 Å². The maximum atomic E-state index is 4.06. The molecule has 2 rings (SSSR count). The summed E-state index contributed by atoms with van der Waals surface area (Å²) in [5.74, 6) is 1.17. The van der Waals surface area contributed by atoms with Crippen LogP contribution in [0.15, 0.2) is 43.0 Å². The highest BCUT2D eigenvalue weighted by Crippen LogP contribution is 2.10. The molecule has 1 heterocycles. The molecule has 1 N–H and O–H groups in total. The normalized spacial score (nSPS) is 12.5. The molecule has 3 nitrogen and oxygen atoms in total. The van der Waals surface area contributed by atoms with Crippen molar-refractivity contribution in [3.8, 4) is 5.69 Å². The summed E-state index contributed by atoms with van der Waals surface area (Å²) in [5.41, 5.74) is 2.47. The Balaban J connectivity index is 1.92. The van der Waals surface area contributed by atoms with Gasteiger partial charge in [0.15, 0.2) is 0 Å². The number of nitrogens with zero attached hydrogens (tertiary/aromatic N) is 2. The largest absolute Gasteiger partial charge is 0.309 e. The van der Waals surface area contributed by atoms with Crippen LogP contribution in [0.5, 0.6) is 0 Å². The van der Waals surface area contributed by atoms with Crippen molar-refractivity contribution < 1.29 is 0 Å². The van der Waals surface area contributed by atoms with E-state index in [-0.39, 0.29) is 0 Å². The van der Waals surface area contributed by atoms with Gasteiger partial charge in [0.25, 0.3) is 0 Å². The fourth-order valence-corrected chi connectivity index (χ4v) is 2.74. The third-order valence-corrected chi connectivity index (χ3v) is 3.93. The van der Waals surface area contributed by atoms with Crippen LogP contribution in [-0.2, 0) is 6.54 Å². The zero-order valence-corrected chi connectivity index (χ0v) is 12.4. The van der Waals surface area contributed by atoms with E-state index in [2.05, 4.69) is 47.7 Å². The number of benzene rings is 1. The van der Waals surface area contributed by atoms with Crippen molar-refractivity contribution in [2.75, 3.05) is 12.0 Å². The predicted octanol–water partition coefficient (Wildman–Crippen LogP) is 3.10. The monoisotopic (exact) mass is 275 g/mol. The zero-order valence-electron chi connectivity index (χ0n) is 11.5. The van der Waals surface area contributed by atoms with Gasteiger partial charge in [0, 0.05) is 36.4 Å². The molecule has 0 amide bonds. The topological polar surface area (TPSA) is 29.9 Å². The molecule has 0 fully saturated rings. The summed E-state index contributed by atoms with van der Waals surface area (Å²) < 4.78 is 2.01. The lowest BCUT2D eigenvalue weighted by Crippen LogP contribution is -2.30. The second-order valence-corrected chi connectivity index (χ2v) is 5.49. The first-order valence-electron chi connectivity index (χ1n) is 6.63. The van der Waals surface area contributed by atoms with Gasteiger partial charge in [-0.15, -0.1) is 0 Å². The number of aromatic nitrogens is 2. The van der Waals surface area contributed by atoms with Gasteiger partial charge in [0.1, 0.15) is 0 Å². The third-order valence-electron chi connectivity index (χ3n) is 3.19. The molecule has 4 heteroatoms. The highest BCUT2D eigenvalue weighted by atomic mass is 32.2. The Labute approximate surface area is 119 Å². The van der Waals surface area contributed by atoms with Gasteiger partial charge in [-0.1, -0.05) is 19.1 Å².